The Hall–Kier alpha value is -3.33. The number of ether oxygens (including phenoxy) is 3. The molecule has 0 bridgehead atoms. The molecule has 0 unspecified atom stereocenters. The van der Waals surface area contributed by atoms with Gasteiger partial charge in [-0.25, -0.2) is 0 Å². The van der Waals surface area contributed by atoms with Gasteiger partial charge in [0.05, 0.1) is 14.2 Å². The molecule has 0 heterocycles. The quantitative estimate of drug-likeness (QED) is 0.371. The van der Waals surface area contributed by atoms with Gasteiger partial charge in [-0.2, -0.15) is 0 Å². The molecule has 1 N–H and O–H groups in total. The van der Waals surface area contributed by atoms with Gasteiger partial charge in [0.1, 0.15) is 12.4 Å². The average Bonchev–Trinajstić information content (AvgIpc) is 2.79. The highest BCUT2D eigenvalue weighted by molar-refractivity contribution is 5.79. The normalized spacial score (nSPS) is 10.8. The van der Waals surface area contributed by atoms with Gasteiger partial charge in [-0.3, -0.25) is 4.99 Å². The number of hydrogen-bond donors (Lipinski definition) is 1. The summed E-state index contributed by atoms with van der Waals surface area (Å²) in [6.07, 6.45) is 6.97. The van der Waals surface area contributed by atoms with E-state index in [-0.39, 0.29) is 6.61 Å². The maximum Gasteiger partial charge on any atom is 0.193 e. The van der Waals surface area contributed by atoms with E-state index in [0.717, 1.165) is 49.1 Å². The molecule has 0 amide bonds. The molecule has 160 valence electrons. The van der Waals surface area contributed by atoms with Gasteiger partial charge in [0.15, 0.2) is 17.5 Å². The SMILES string of the molecule is C#CCOc1ccc(CCNC(=NC)N(C)CCc2ccc(OC)c(OC)c2)cc1. The van der Waals surface area contributed by atoms with Crippen molar-refractivity contribution in [1.29, 1.82) is 0 Å². The van der Waals surface area contributed by atoms with Crippen molar-refractivity contribution in [2.24, 2.45) is 4.99 Å². The van der Waals surface area contributed by atoms with Crippen molar-refractivity contribution < 1.29 is 14.2 Å². The summed E-state index contributed by atoms with van der Waals surface area (Å²) < 4.78 is 16.1. The summed E-state index contributed by atoms with van der Waals surface area (Å²) in [6, 6.07) is 14.0. The zero-order valence-corrected chi connectivity index (χ0v) is 18.3. The summed E-state index contributed by atoms with van der Waals surface area (Å²) in [5.41, 5.74) is 2.40. The van der Waals surface area contributed by atoms with Crippen LogP contribution in [0.15, 0.2) is 47.5 Å². The zero-order valence-electron chi connectivity index (χ0n) is 18.3. The minimum absolute atomic E-state index is 0.285. The molecule has 0 spiro atoms. The van der Waals surface area contributed by atoms with Gasteiger partial charge in [0.2, 0.25) is 0 Å². The maximum atomic E-state index is 5.40. The molecule has 2 aromatic rings. The third-order valence-electron chi connectivity index (χ3n) is 4.70. The number of likely N-dealkylation sites (N-methyl/N-ethyl adjacent to an activating group) is 1. The highest BCUT2D eigenvalue weighted by Crippen LogP contribution is 2.27. The molecule has 0 saturated carbocycles. The minimum Gasteiger partial charge on any atom is -0.493 e. The molecule has 0 saturated heterocycles. The van der Waals surface area contributed by atoms with Crippen LogP contribution in [0.2, 0.25) is 0 Å². The highest BCUT2D eigenvalue weighted by Gasteiger charge is 2.08. The molecule has 0 radical (unpaired) electrons. The summed E-state index contributed by atoms with van der Waals surface area (Å²) in [6.45, 7) is 1.90. The van der Waals surface area contributed by atoms with E-state index >= 15 is 0 Å². The van der Waals surface area contributed by atoms with Crippen molar-refractivity contribution in [3.63, 3.8) is 0 Å². The van der Waals surface area contributed by atoms with Gasteiger partial charge in [-0.05, 0) is 48.2 Å². The van der Waals surface area contributed by atoms with E-state index in [4.69, 9.17) is 20.6 Å². The van der Waals surface area contributed by atoms with Crippen LogP contribution in [0.4, 0.5) is 0 Å². The summed E-state index contributed by atoms with van der Waals surface area (Å²) in [7, 11) is 7.13. The fourth-order valence-electron chi connectivity index (χ4n) is 3.02. The first-order chi connectivity index (χ1) is 14.6. The number of terminal acetylenes is 1. The Morgan fingerprint density at radius 3 is 2.37 bits per heavy atom. The molecule has 6 heteroatoms. The van der Waals surface area contributed by atoms with Crippen LogP contribution < -0.4 is 19.5 Å². The number of nitrogens with zero attached hydrogens (tertiary/aromatic N) is 2. The van der Waals surface area contributed by atoms with Crippen LogP contribution in [0.25, 0.3) is 0 Å². The van der Waals surface area contributed by atoms with E-state index in [1.54, 1.807) is 21.3 Å². The Bertz CT molecular complexity index is 857. The van der Waals surface area contributed by atoms with E-state index in [2.05, 4.69) is 39.3 Å². The first-order valence-corrected chi connectivity index (χ1v) is 9.89. The lowest BCUT2D eigenvalue weighted by Crippen LogP contribution is -2.40. The minimum atomic E-state index is 0.285. The topological polar surface area (TPSA) is 55.3 Å². The van der Waals surface area contributed by atoms with Crippen LogP contribution in [-0.2, 0) is 12.8 Å². The Morgan fingerprint density at radius 2 is 1.73 bits per heavy atom. The van der Waals surface area contributed by atoms with Gasteiger partial charge in [0, 0.05) is 27.2 Å². The first kappa shape index (κ1) is 23.0. The lowest BCUT2D eigenvalue weighted by atomic mass is 10.1. The van der Waals surface area contributed by atoms with Crippen LogP contribution in [-0.4, -0.2) is 58.9 Å². The van der Waals surface area contributed by atoms with Crippen molar-refractivity contribution in [3.05, 3.63) is 53.6 Å². The Kier molecular flexibility index (Phi) is 9.39. The molecule has 0 fully saturated rings. The second kappa shape index (κ2) is 12.3. The van der Waals surface area contributed by atoms with Crippen LogP contribution in [0.1, 0.15) is 11.1 Å². The number of benzene rings is 2. The van der Waals surface area contributed by atoms with E-state index < -0.39 is 0 Å². The number of guanidine groups is 1. The van der Waals surface area contributed by atoms with E-state index in [9.17, 15) is 0 Å². The Labute approximate surface area is 179 Å². The lowest BCUT2D eigenvalue weighted by molar-refractivity contribution is 0.354. The van der Waals surface area contributed by atoms with Gasteiger partial charge in [-0.1, -0.05) is 24.1 Å². The summed E-state index contributed by atoms with van der Waals surface area (Å²) in [4.78, 5) is 6.51. The van der Waals surface area contributed by atoms with Gasteiger partial charge in [-0.15, -0.1) is 6.42 Å². The number of nitrogens with one attached hydrogen (secondary N) is 1. The summed E-state index contributed by atoms with van der Waals surface area (Å²) in [5.74, 6) is 5.60. The Balaban J connectivity index is 1.81. The molecule has 2 aromatic carbocycles. The maximum absolute atomic E-state index is 5.40. The van der Waals surface area contributed by atoms with Crippen molar-refractivity contribution in [2.75, 3.05) is 48.0 Å². The Morgan fingerprint density at radius 1 is 1.03 bits per heavy atom. The van der Waals surface area contributed by atoms with Gasteiger partial charge >= 0.3 is 0 Å². The smallest absolute Gasteiger partial charge is 0.193 e. The first-order valence-electron chi connectivity index (χ1n) is 9.89. The van der Waals surface area contributed by atoms with Crippen LogP contribution in [0.3, 0.4) is 0 Å². The molecule has 0 aliphatic rings. The van der Waals surface area contributed by atoms with Gasteiger partial charge < -0.3 is 24.4 Å². The van der Waals surface area contributed by atoms with Gasteiger partial charge in [0.25, 0.3) is 0 Å². The molecule has 6 nitrogen and oxygen atoms in total. The molecule has 0 aliphatic carbocycles. The predicted molar refractivity (Wildman–Crippen MR) is 122 cm³/mol. The van der Waals surface area contributed by atoms with Crippen LogP contribution in [0.5, 0.6) is 17.2 Å². The van der Waals surface area contributed by atoms with E-state index in [1.165, 1.54) is 11.1 Å². The lowest BCUT2D eigenvalue weighted by Gasteiger charge is -2.22. The predicted octanol–water partition coefficient (Wildman–Crippen LogP) is 3.01. The third kappa shape index (κ3) is 6.93. The number of rotatable bonds is 10. The second-order valence-corrected chi connectivity index (χ2v) is 6.72. The third-order valence-corrected chi connectivity index (χ3v) is 4.70. The van der Waals surface area contributed by atoms with E-state index in [0.29, 0.717) is 0 Å². The molecule has 0 aliphatic heterocycles. The molecular formula is C24H31N3O3. The van der Waals surface area contributed by atoms with Crippen LogP contribution >= 0.6 is 0 Å². The second-order valence-electron chi connectivity index (χ2n) is 6.72. The van der Waals surface area contributed by atoms with Crippen molar-refractivity contribution in [1.82, 2.24) is 10.2 Å². The monoisotopic (exact) mass is 409 g/mol. The summed E-state index contributed by atoms with van der Waals surface area (Å²) >= 11 is 0. The highest BCUT2D eigenvalue weighted by atomic mass is 16.5. The molecule has 30 heavy (non-hydrogen) atoms. The zero-order chi connectivity index (χ0) is 21.8. The standard InChI is InChI=1S/C24H31N3O3/c1-6-17-30-21-10-7-19(8-11-21)13-15-26-24(25-2)27(3)16-14-20-9-12-22(28-4)23(18-20)29-5/h1,7-12,18H,13-17H2,2-5H3,(H,25,26). The van der Waals surface area contributed by atoms with Crippen molar-refractivity contribution in [2.45, 2.75) is 12.8 Å². The van der Waals surface area contributed by atoms with Crippen LogP contribution in [0, 0.1) is 12.3 Å². The largest absolute Gasteiger partial charge is 0.493 e. The van der Waals surface area contributed by atoms with E-state index in [1.807, 2.05) is 31.3 Å². The number of hydrogen-bond acceptors (Lipinski definition) is 4. The fourth-order valence-corrected chi connectivity index (χ4v) is 3.02. The molecule has 0 atom stereocenters. The summed E-state index contributed by atoms with van der Waals surface area (Å²) in [5, 5.41) is 3.42. The molecule has 0 aromatic heterocycles. The fraction of sp³-hybridized carbons (Fsp3) is 0.375. The molecule has 2 rings (SSSR count). The van der Waals surface area contributed by atoms with Crippen molar-refractivity contribution >= 4 is 5.96 Å². The number of methoxy groups -OCH3 is 2. The average molecular weight is 410 g/mol. The van der Waals surface area contributed by atoms with Crippen molar-refractivity contribution in [3.8, 4) is 29.6 Å². The number of aliphatic imine (C=N–C) groups is 1. The molecular weight excluding hydrogens is 378 g/mol.